The first-order valence-corrected chi connectivity index (χ1v) is 9.97. The monoisotopic (exact) mass is 446 g/mol. The Labute approximate surface area is 187 Å². The lowest BCUT2D eigenvalue weighted by molar-refractivity contribution is -0.144. The van der Waals surface area contributed by atoms with Gasteiger partial charge in [0.15, 0.2) is 0 Å². The Morgan fingerprint density at radius 2 is 1.88 bits per heavy atom. The minimum atomic E-state index is -1.21. The highest BCUT2D eigenvalue weighted by molar-refractivity contribution is 5.93. The summed E-state index contributed by atoms with van der Waals surface area (Å²) in [5, 5.41) is 14.2. The van der Waals surface area contributed by atoms with Gasteiger partial charge in [0.2, 0.25) is 11.8 Å². The SMILES string of the molecule is COC(=O)CNC(=O)C(c1cccc(C)c1)N(CC#N)C(=O)C(C)NC(=O)OC(C)(C)C. The van der Waals surface area contributed by atoms with Crippen molar-refractivity contribution in [1.82, 2.24) is 15.5 Å². The molecule has 0 aliphatic heterocycles. The maximum atomic E-state index is 13.2. The van der Waals surface area contributed by atoms with E-state index >= 15 is 0 Å². The summed E-state index contributed by atoms with van der Waals surface area (Å²) in [5.41, 5.74) is 0.509. The third kappa shape index (κ3) is 8.26. The van der Waals surface area contributed by atoms with Gasteiger partial charge in [0.1, 0.15) is 30.8 Å². The maximum Gasteiger partial charge on any atom is 0.408 e. The van der Waals surface area contributed by atoms with Crippen LogP contribution in [-0.2, 0) is 23.9 Å². The highest BCUT2D eigenvalue weighted by Gasteiger charge is 2.34. The summed E-state index contributed by atoms with van der Waals surface area (Å²) in [7, 11) is 1.18. The van der Waals surface area contributed by atoms with Crippen LogP contribution in [0.25, 0.3) is 0 Å². The van der Waals surface area contributed by atoms with Crippen molar-refractivity contribution in [3.8, 4) is 6.07 Å². The standard InChI is InChI=1S/C22H30N4O6/c1-14-8-7-9-16(12-14)18(19(28)24-13-17(27)31-6)26(11-10-23)20(29)15(2)25-21(30)32-22(3,4)5/h7-9,12,15,18H,11,13H2,1-6H3,(H,24,28)(H,25,30). The van der Waals surface area contributed by atoms with E-state index in [2.05, 4.69) is 15.4 Å². The molecule has 0 fully saturated rings. The van der Waals surface area contributed by atoms with Crippen LogP contribution in [0.3, 0.4) is 0 Å². The quantitative estimate of drug-likeness (QED) is 0.457. The Hall–Kier alpha value is -3.61. The topological polar surface area (TPSA) is 138 Å². The average molecular weight is 447 g/mol. The molecule has 1 rings (SSSR count). The summed E-state index contributed by atoms with van der Waals surface area (Å²) in [6.07, 6.45) is -0.808. The molecule has 32 heavy (non-hydrogen) atoms. The molecule has 0 aliphatic rings. The number of hydrogen-bond acceptors (Lipinski definition) is 7. The van der Waals surface area contributed by atoms with Crippen molar-refractivity contribution >= 4 is 23.9 Å². The first-order chi connectivity index (χ1) is 14.9. The first-order valence-electron chi connectivity index (χ1n) is 9.97. The lowest BCUT2D eigenvalue weighted by Gasteiger charge is -2.32. The molecule has 0 aromatic heterocycles. The Morgan fingerprint density at radius 1 is 1.22 bits per heavy atom. The van der Waals surface area contributed by atoms with Crippen molar-refractivity contribution in [3.63, 3.8) is 0 Å². The van der Waals surface area contributed by atoms with Crippen LogP contribution in [0, 0.1) is 18.3 Å². The highest BCUT2D eigenvalue weighted by Crippen LogP contribution is 2.23. The van der Waals surface area contributed by atoms with E-state index in [0.29, 0.717) is 5.56 Å². The number of nitrogens with zero attached hydrogens (tertiary/aromatic N) is 2. The summed E-state index contributed by atoms with van der Waals surface area (Å²) >= 11 is 0. The zero-order chi connectivity index (χ0) is 24.5. The normalized spacial score (nSPS) is 12.5. The largest absolute Gasteiger partial charge is 0.468 e. The number of aryl methyl sites for hydroxylation is 1. The fraction of sp³-hybridized carbons (Fsp3) is 0.500. The second-order valence-corrected chi connectivity index (χ2v) is 8.10. The number of rotatable bonds is 8. The van der Waals surface area contributed by atoms with Gasteiger partial charge in [-0.15, -0.1) is 0 Å². The van der Waals surface area contributed by atoms with Crippen molar-refractivity contribution in [1.29, 1.82) is 5.26 Å². The molecule has 2 unspecified atom stereocenters. The van der Waals surface area contributed by atoms with Gasteiger partial charge >= 0.3 is 12.1 Å². The predicted octanol–water partition coefficient (Wildman–Crippen LogP) is 1.59. The summed E-state index contributed by atoms with van der Waals surface area (Å²) in [5.74, 6) is -2.01. The van der Waals surface area contributed by atoms with Crippen LogP contribution < -0.4 is 10.6 Å². The number of hydrogen-bond donors (Lipinski definition) is 2. The molecule has 0 radical (unpaired) electrons. The van der Waals surface area contributed by atoms with E-state index in [1.807, 2.05) is 19.1 Å². The van der Waals surface area contributed by atoms with E-state index in [1.165, 1.54) is 14.0 Å². The van der Waals surface area contributed by atoms with Crippen molar-refractivity contribution in [2.24, 2.45) is 0 Å². The molecule has 0 saturated heterocycles. The third-order valence-electron chi connectivity index (χ3n) is 4.18. The van der Waals surface area contributed by atoms with Crippen LogP contribution in [0.4, 0.5) is 4.79 Å². The van der Waals surface area contributed by atoms with Gasteiger partial charge in [0.05, 0.1) is 13.2 Å². The van der Waals surface area contributed by atoms with Crippen LogP contribution in [0.15, 0.2) is 24.3 Å². The highest BCUT2D eigenvalue weighted by atomic mass is 16.6. The number of esters is 1. The van der Waals surface area contributed by atoms with E-state index in [-0.39, 0.29) is 0 Å². The molecule has 0 saturated carbocycles. The van der Waals surface area contributed by atoms with Crippen LogP contribution >= 0.6 is 0 Å². The summed E-state index contributed by atoms with van der Waals surface area (Å²) < 4.78 is 9.70. The van der Waals surface area contributed by atoms with Gasteiger partial charge in [-0.25, -0.2) is 4.79 Å². The molecule has 10 nitrogen and oxygen atoms in total. The molecule has 1 aromatic rings. The van der Waals surface area contributed by atoms with E-state index in [9.17, 15) is 24.4 Å². The second-order valence-electron chi connectivity index (χ2n) is 8.10. The van der Waals surface area contributed by atoms with Gasteiger partial charge in [-0.1, -0.05) is 29.8 Å². The van der Waals surface area contributed by atoms with Crippen LogP contribution in [0.5, 0.6) is 0 Å². The molecular weight excluding hydrogens is 416 g/mol. The number of nitrogens with one attached hydrogen (secondary N) is 2. The van der Waals surface area contributed by atoms with Crippen LogP contribution in [-0.4, -0.2) is 60.6 Å². The molecule has 0 bridgehead atoms. The Kier molecular flexibility index (Phi) is 9.66. The Balaban J connectivity index is 3.24. The second kappa shape index (κ2) is 11.7. The zero-order valence-corrected chi connectivity index (χ0v) is 19.2. The molecule has 2 N–H and O–H groups in total. The van der Waals surface area contributed by atoms with E-state index in [1.54, 1.807) is 39.0 Å². The number of ether oxygens (including phenoxy) is 2. The summed E-state index contributed by atoms with van der Waals surface area (Å²) in [4.78, 5) is 50.8. The van der Waals surface area contributed by atoms with Gasteiger partial charge in [-0.3, -0.25) is 14.4 Å². The number of carbonyl (C=O) groups is 4. The van der Waals surface area contributed by atoms with E-state index in [0.717, 1.165) is 10.5 Å². The lowest BCUT2D eigenvalue weighted by atomic mass is 10.0. The smallest absolute Gasteiger partial charge is 0.408 e. The number of amides is 3. The molecule has 3 amide bonds. The summed E-state index contributed by atoms with van der Waals surface area (Å²) in [6, 6.07) is 6.45. The molecule has 2 atom stereocenters. The van der Waals surface area contributed by atoms with Crippen molar-refractivity contribution in [2.75, 3.05) is 20.2 Å². The number of nitriles is 1. The molecule has 174 valence electrons. The van der Waals surface area contributed by atoms with Crippen molar-refractivity contribution < 1.29 is 28.7 Å². The first kappa shape index (κ1) is 26.4. The number of carbonyl (C=O) groups excluding carboxylic acids is 4. The number of alkyl carbamates (subject to hydrolysis) is 1. The number of methoxy groups -OCH3 is 1. The molecule has 0 heterocycles. The third-order valence-corrected chi connectivity index (χ3v) is 4.18. The molecular formula is C22H30N4O6. The zero-order valence-electron chi connectivity index (χ0n) is 19.2. The van der Waals surface area contributed by atoms with Crippen LogP contribution in [0.1, 0.15) is 44.9 Å². The number of benzene rings is 1. The molecule has 1 aromatic carbocycles. The Morgan fingerprint density at radius 3 is 2.41 bits per heavy atom. The van der Waals surface area contributed by atoms with Gasteiger partial charge in [0.25, 0.3) is 0 Å². The minimum Gasteiger partial charge on any atom is -0.468 e. The molecule has 0 spiro atoms. The minimum absolute atomic E-state index is 0.405. The van der Waals surface area contributed by atoms with Crippen molar-refractivity contribution in [3.05, 3.63) is 35.4 Å². The van der Waals surface area contributed by atoms with E-state index < -0.39 is 54.7 Å². The van der Waals surface area contributed by atoms with Crippen LogP contribution in [0.2, 0.25) is 0 Å². The van der Waals surface area contributed by atoms with Gasteiger partial charge in [-0.05, 0) is 40.2 Å². The summed E-state index contributed by atoms with van der Waals surface area (Å²) in [6.45, 7) is 7.45. The van der Waals surface area contributed by atoms with Gasteiger partial charge < -0.3 is 25.0 Å². The van der Waals surface area contributed by atoms with Gasteiger partial charge in [0, 0.05) is 0 Å². The molecule has 10 heteroatoms. The van der Waals surface area contributed by atoms with Crippen molar-refractivity contribution in [2.45, 2.75) is 52.3 Å². The molecule has 0 aliphatic carbocycles. The maximum absolute atomic E-state index is 13.2. The van der Waals surface area contributed by atoms with Gasteiger partial charge in [-0.2, -0.15) is 5.26 Å². The predicted molar refractivity (Wildman–Crippen MR) is 115 cm³/mol. The fourth-order valence-electron chi connectivity index (χ4n) is 2.81. The Bertz CT molecular complexity index is 887. The average Bonchev–Trinajstić information content (AvgIpc) is 2.69. The fourth-order valence-corrected chi connectivity index (χ4v) is 2.81. The van der Waals surface area contributed by atoms with E-state index in [4.69, 9.17) is 4.74 Å². The lowest BCUT2D eigenvalue weighted by Crippen LogP contribution is -2.52.